The van der Waals surface area contributed by atoms with E-state index < -0.39 is 11.4 Å². The zero-order valence-corrected chi connectivity index (χ0v) is 11.7. The summed E-state index contributed by atoms with van der Waals surface area (Å²) in [5.41, 5.74) is 1.39. The minimum absolute atomic E-state index is 0.605. The summed E-state index contributed by atoms with van der Waals surface area (Å²) >= 11 is 6.36. The molecule has 3 rings (SSSR count). The number of carbonyl (C=O) groups is 1. The van der Waals surface area contributed by atoms with Gasteiger partial charge in [0.15, 0.2) is 0 Å². The average molecular weight is 279 g/mol. The Balaban J connectivity index is 1.98. The van der Waals surface area contributed by atoms with Crippen molar-refractivity contribution in [2.24, 2.45) is 0 Å². The summed E-state index contributed by atoms with van der Waals surface area (Å²) in [7, 11) is 0. The van der Waals surface area contributed by atoms with Crippen LogP contribution in [-0.2, 0) is 10.2 Å². The molecule has 2 aliphatic carbocycles. The summed E-state index contributed by atoms with van der Waals surface area (Å²) in [4.78, 5) is 11.8. The van der Waals surface area contributed by atoms with Crippen LogP contribution in [0.3, 0.4) is 0 Å². The lowest BCUT2D eigenvalue weighted by Gasteiger charge is -2.34. The van der Waals surface area contributed by atoms with Gasteiger partial charge in [0, 0.05) is 5.02 Å². The Morgan fingerprint density at radius 3 is 2.42 bits per heavy atom. The number of rotatable bonds is 3. The second-order valence-corrected chi connectivity index (χ2v) is 6.37. The summed E-state index contributed by atoms with van der Waals surface area (Å²) in [6.07, 6.45) is 7.03. The molecule has 0 heterocycles. The van der Waals surface area contributed by atoms with Crippen LogP contribution in [0, 0.1) is 0 Å². The molecule has 0 aromatic heterocycles. The molecule has 2 fully saturated rings. The molecule has 0 atom stereocenters. The zero-order chi connectivity index (χ0) is 13.5. The quantitative estimate of drug-likeness (QED) is 0.884. The van der Waals surface area contributed by atoms with Crippen LogP contribution in [0.2, 0.25) is 5.02 Å². The molecule has 2 saturated carbocycles. The summed E-state index contributed by atoms with van der Waals surface area (Å²) in [6.45, 7) is 0. The van der Waals surface area contributed by atoms with E-state index in [1.54, 1.807) is 0 Å². The van der Waals surface area contributed by atoms with Gasteiger partial charge in [-0.05, 0) is 48.8 Å². The van der Waals surface area contributed by atoms with Crippen molar-refractivity contribution in [1.82, 2.24) is 0 Å². The molecule has 1 aromatic rings. The summed E-state index contributed by atoms with van der Waals surface area (Å²) < 4.78 is 0. The minimum atomic E-state index is -0.704. The molecule has 19 heavy (non-hydrogen) atoms. The van der Waals surface area contributed by atoms with Crippen molar-refractivity contribution in [2.75, 3.05) is 0 Å². The number of hydrogen-bond donors (Lipinski definition) is 1. The SMILES string of the molecule is O=C(O)C1(c2ccc(C3CC3)c(Cl)c2)CCCCC1. The first-order valence-electron chi connectivity index (χ1n) is 7.17. The Morgan fingerprint density at radius 1 is 1.21 bits per heavy atom. The Morgan fingerprint density at radius 2 is 1.89 bits per heavy atom. The van der Waals surface area contributed by atoms with Crippen molar-refractivity contribution in [3.63, 3.8) is 0 Å². The van der Waals surface area contributed by atoms with Crippen molar-refractivity contribution in [1.29, 1.82) is 0 Å². The third kappa shape index (κ3) is 2.27. The molecular formula is C16H19ClO2. The summed E-state index contributed by atoms with van der Waals surface area (Å²) in [5.74, 6) is -0.0869. The fourth-order valence-electron chi connectivity index (χ4n) is 3.33. The molecule has 0 amide bonds. The van der Waals surface area contributed by atoms with Crippen LogP contribution in [0.5, 0.6) is 0 Å². The van der Waals surface area contributed by atoms with E-state index in [1.807, 2.05) is 12.1 Å². The lowest BCUT2D eigenvalue weighted by Crippen LogP contribution is -2.37. The van der Waals surface area contributed by atoms with Crippen LogP contribution < -0.4 is 0 Å². The first kappa shape index (κ1) is 13.0. The van der Waals surface area contributed by atoms with Crippen molar-refractivity contribution in [3.8, 4) is 0 Å². The van der Waals surface area contributed by atoms with Gasteiger partial charge in [0.2, 0.25) is 0 Å². The Kier molecular flexibility index (Phi) is 3.30. The van der Waals surface area contributed by atoms with E-state index >= 15 is 0 Å². The van der Waals surface area contributed by atoms with Gasteiger partial charge in [0.1, 0.15) is 0 Å². The molecule has 1 N–H and O–H groups in total. The molecule has 2 nitrogen and oxygen atoms in total. The normalized spacial score (nSPS) is 22.2. The molecule has 1 aromatic carbocycles. The smallest absolute Gasteiger partial charge is 0.314 e. The Hall–Kier alpha value is -1.02. The van der Waals surface area contributed by atoms with E-state index in [0.717, 1.165) is 42.7 Å². The first-order chi connectivity index (χ1) is 9.13. The lowest BCUT2D eigenvalue weighted by molar-refractivity contribution is -0.145. The molecule has 102 valence electrons. The van der Waals surface area contributed by atoms with Gasteiger partial charge in [-0.2, -0.15) is 0 Å². The third-order valence-electron chi connectivity index (χ3n) is 4.69. The van der Waals surface area contributed by atoms with Crippen molar-refractivity contribution in [3.05, 3.63) is 34.3 Å². The second-order valence-electron chi connectivity index (χ2n) is 5.96. The van der Waals surface area contributed by atoms with Gasteiger partial charge in [-0.1, -0.05) is 43.0 Å². The highest BCUT2D eigenvalue weighted by Crippen LogP contribution is 2.46. The van der Waals surface area contributed by atoms with Gasteiger partial charge in [-0.3, -0.25) is 4.79 Å². The van der Waals surface area contributed by atoms with Gasteiger partial charge in [0.05, 0.1) is 5.41 Å². The minimum Gasteiger partial charge on any atom is -0.481 e. The van der Waals surface area contributed by atoms with E-state index in [0.29, 0.717) is 5.92 Å². The zero-order valence-electron chi connectivity index (χ0n) is 11.0. The van der Waals surface area contributed by atoms with E-state index in [4.69, 9.17) is 11.6 Å². The lowest BCUT2D eigenvalue weighted by atomic mass is 9.69. The van der Waals surface area contributed by atoms with Gasteiger partial charge < -0.3 is 5.11 Å². The van der Waals surface area contributed by atoms with Gasteiger partial charge in [0.25, 0.3) is 0 Å². The maximum absolute atomic E-state index is 11.8. The van der Waals surface area contributed by atoms with E-state index in [9.17, 15) is 9.90 Å². The predicted octanol–water partition coefficient (Wildman–Crippen LogP) is 4.50. The highest BCUT2D eigenvalue weighted by molar-refractivity contribution is 6.31. The van der Waals surface area contributed by atoms with Gasteiger partial charge >= 0.3 is 5.97 Å². The van der Waals surface area contributed by atoms with Crippen molar-refractivity contribution < 1.29 is 9.90 Å². The van der Waals surface area contributed by atoms with E-state index in [2.05, 4.69) is 6.07 Å². The molecular weight excluding hydrogens is 260 g/mol. The number of carboxylic acids is 1. The van der Waals surface area contributed by atoms with E-state index in [-0.39, 0.29) is 0 Å². The third-order valence-corrected chi connectivity index (χ3v) is 5.01. The van der Waals surface area contributed by atoms with Crippen LogP contribution in [0.4, 0.5) is 0 Å². The number of halogens is 1. The van der Waals surface area contributed by atoms with Crippen LogP contribution >= 0.6 is 11.6 Å². The molecule has 2 aliphatic rings. The highest BCUT2D eigenvalue weighted by Gasteiger charge is 2.41. The topological polar surface area (TPSA) is 37.3 Å². The average Bonchev–Trinajstić information content (AvgIpc) is 3.23. The number of carboxylic acid groups (broad SMARTS) is 1. The fourth-order valence-corrected chi connectivity index (χ4v) is 3.67. The van der Waals surface area contributed by atoms with Gasteiger partial charge in [-0.25, -0.2) is 0 Å². The second kappa shape index (κ2) is 4.82. The number of hydrogen-bond acceptors (Lipinski definition) is 1. The summed E-state index contributed by atoms with van der Waals surface area (Å²) in [6, 6.07) is 5.96. The maximum atomic E-state index is 11.8. The summed E-state index contributed by atoms with van der Waals surface area (Å²) in [5, 5.41) is 10.4. The van der Waals surface area contributed by atoms with E-state index in [1.165, 1.54) is 18.4 Å². The molecule has 0 saturated heterocycles. The van der Waals surface area contributed by atoms with Crippen LogP contribution in [0.25, 0.3) is 0 Å². The van der Waals surface area contributed by atoms with Crippen molar-refractivity contribution >= 4 is 17.6 Å². The maximum Gasteiger partial charge on any atom is 0.314 e. The van der Waals surface area contributed by atoms with Crippen LogP contribution in [-0.4, -0.2) is 11.1 Å². The number of aliphatic carboxylic acids is 1. The Bertz CT molecular complexity index is 499. The van der Waals surface area contributed by atoms with Gasteiger partial charge in [-0.15, -0.1) is 0 Å². The van der Waals surface area contributed by atoms with Crippen molar-refractivity contribution in [2.45, 2.75) is 56.3 Å². The largest absolute Gasteiger partial charge is 0.481 e. The van der Waals surface area contributed by atoms with Crippen LogP contribution in [0.1, 0.15) is 62.0 Å². The fraction of sp³-hybridized carbons (Fsp3) is 0.562. The molecule has 0 spiro atoms. The number of benzene rings is 1. The predicted molar refractivity (Wildman–Crippen MR) is 75.8 cm³/mol. The highest BCUT2D eigenvalue weighted by atomic mass is 35.5. The first-order valence-corrected chi connectivity index (χ1v) is 7.54. The Labute approximate surface area is 118 Å². The molecule has 0 bridgehead atoms. The van der Waals surface area contributed by atoms with Crippen LogP contribution in [0.15, 0.2) is 18.2 Å². The molecule has 0 radical (unpaired) electrons. The monoisotopic (exact) mass is 278 g/mol. The molecule has 3 heteroatoms. The molecule has 0 aliphatic heterocycles. The standard InChI is InChI=1S/C16H19ClO2/c17-14-10-12(6-7-13(14)11-4-5-11)16(15(18)19)8-2-1-3-9-16/h6-7,10-11H,1-5,8-9H2,(H,18,19). The molecule has 0 unspecified atom stereocenters.